The molecule has 0 aliphatic rings. The van der Waals surface area contributed by atoms with Gasteiger partial charge in [0.2, 0.25) is 0 Å². The fourth-order valence-corrected chi connectivity index (χ4v) is 1.97. The molecule has 0 aliphatic heterocycles. The zero-order valence-electron chi connectivity index (χ0n) is 11.3. The molecule has 0 N–H and O–H groups in total. The van der Waals surface area contributed by atoms with Gasteiger partial charge >= 0.3 is 0 Å². The molecule has 0 spiro atoms. The summed E-state index contributed by atoms with van der Waals surface area (Å²) in [5.74, 6) is 0. The van der Waals surface area contributed by atoms with Gasteiger partial charge in [0.15, 0.2) is 0 Å². The highest BCUT2D eigenvalue weighted by atomic mass is 35.5. The Balaban J connectivity index is 2.06. The molecule has 0 bridgehead atoms. The SMILES string of the molecule is CC(C)N(Cc1ccccc1)Cc1cnc(Cl)cn1. The zero-order chi connectivity index (χ0) is 13.7. The number of rotatable bonds is 5. The largest absolute Gasteiger partial charge is 0.291 e. The summed E-state index contributed by atoms with van der Waals surface area (Å²) in [5.41, 5.74) is 2.24. The van der Waals surface area contributed by atoms with E-state index in [9.17, 15) is 0 Å². The lowest BCUT2D eigenvalue weighted by molar-refractivity contribution is 0.201. The van der Waals surface area contributed by atoms with Gasteiger partial charge in [-0.15, -0.1) is 0 Å². The number of halogens is 1. The highest BCUT2D eigenvalue weighted by Gasteiger charge is 2.11. The average molecular weight is 276 g/mol. The first-order chi connectivity index (χ1) is 9.15. The van der Waals surface area contributed by atoms with Crippen LogP contribution in [0.4, 0.5) is 0 Å². The topological polar surface area (TPSA) is 29.0 Å². The van der Waals surface area contributed by atoms with Crippen molar-refractivity contribution >= 4 is 11.6 Å². The Labute approximate surface area is 119 Å². The van der Waals surface area contributed by atoms with Crippen molar-refractivity contribution in [2.24, 2.45) is 0 Å². The van der Waals surface area contributed by atoms with Crippen LogP contribution in [0.15, 0.2) is 42.7 Å². The van der Waals surface area contributed by atoms with E-state index in [1.807, 2.05) is 6.07 Å². The Morgan fingerprint density at radius 3 is 2.37 bits per heavy atom. The Morgan fingerprint density at radius 1 is 1.05 bits per heavy atom. The molecular formula is C15H18ClN3. The molecule has 1 aromatic heterocycles. The minimum atomic E-state index is 0.433. The number of aromatic nitrogens is 2. The predicted octanol–water partition coefficient (Wildman–Crippen LogP) is 3.54. The van der Waals surface area contributed by atoms with Gasteiger partial charge in [-0.25, -0.2) is 4.98 Å². The highest BCUT2D eigenvalue weighted by Crippen LogP contribution is 2.12. The van der Waals surface area contributed by atoms with Crippen molar-refractivity contribution in [3.63, 3.8) is 0 Å². The van der Waals surface area contributed by atoms with Gasteiger partial charge in [0.1, 0.15) is 5.15 Å². The third-order valence-electron chi connectivity index (χ3n) is 3.00. The van der Waals surface area contributed by atoms with Crippen molar-refractivity contribution in [1.82, 2.24) is 14.9 Å². The maximum atomic E-state index is 5.75. The van der Waals surface area contributed by atoms with E-state index in [1.54, 1.807) is 12.4 Å². The highest BCUT2D eigenvalue weighted by molar-refractivity contribution is 6.29. The molecule has 0 unspecified atom stereocenters. The molecule has 3 nitrogen and oxygen atoms in total. The number of benzene rings is 1. The Hall–Kier alpha value is -1.45. The van der Waals surface area contributed by atoms with Crippen LogP contribution in [0, 0.1) is 0 Å². The van der Waals surface area contributed by atoms with Crippen molar-refractivity contribution in [1.29, 1.82) is 0 Å². The second-order valence-electron chi connectivity index (χ2n) is 4.81. The van der Waals surface area contributed by atoms with Crippen molar-refractivity contribution in [2.45, 2.75) is 33.0 Å². The van der Waals surface area contributed by atoms with E-state index in [0.29, 0.717) is 11.2 Å². The molecule has 2 aromatic rings. The molecule has 19 heavy (non-hydrogen) atoms. The first kappa shape index (κ1) is 14.0. The van der Waals surface area contributed by atoms with Gasteiger partial charge in [-0.3, -0.25) is 9.88 Å². The van der Waals surface area contributed by atoms with Crippen LogP contribution < -0.4 is 0 Å². The first-order valence-electron chi connectivity index (χ1n) is 6.39. The molecule has 100 valence electrons. The van der Waals surface area contributed by atoms with Crippen molar-refractivity contribution < 1.29 is 0 Å². The minimum Gasteiger partial charge on any atom is -0.291 e. The maximum absolute atomic E-state index is 5.75. The van der Waals surface area contributed by atoms with Gasteiger partial charge in [0.25, 0.3) is 0 Å². The molecule has 0 saturated carbocycles. The molecule has 1 heterocycles. The molecule has 0 atom stereocenters. The molecule has 0 aliphatic carbocycles. The quantitative estimate of drug-likeness (QED) is 0.836. The van der Waals surface area contributed by atoms with Crippen LogP contribution in [0.1, 0.15) is 25.1 Å². The first-order valence-corrected chi connectivity index (χ1v) is 6.77. The van der Waals surface area contributed by atoms with Crippen LogP contribution in [0.3, 0.4) is 0 Å². The summed E-state index contributed by atoms with van der Waals surface area (Å²) in [7, 11) is 0. The zero-order valence-corrected chi connectivity index (χ0v) is 12.0. The molecule has 4 heteroatoms. The summed E-state index contributed by atoms with van der Waals surface area (Å²) in [5, 5.41) is 0.433. The van der Waals surface area contributed by atoms with Crippen LogP contribution in [-0.4, -0.2) is 20.9 Å². The predicted molar refractivity (Wildman–Crippen MR) is 77.9 cm³/mol. The van der Waals surface area contributed by atoms with Crippen LogP contribution in [0.2, 0.25) is 5.15 Å². The van der Waals surface area contributed by atoms with E-state index < -0.39 is 0 Å². The molecule has 0 saturated heterocycles. The van der Waals surface area contributed by atoms with Crippen LogP contribution in [-0.2, 0) is 13.1 Å². The monoisotopic (exact) mass is 275 g/mol. The van der Waals surface area contributed by atoms with Crippen molar-refractivity contribution in [3.8, 4) is 0 Å². The van der Waals surface area contributed by atoms with E-state index in [-0.39, 0.29) is 0 Å². The lowest BCUT2D eigenvalue weighted by Gasteiger charge is -2.26. The average Bonchev–Trinajstić information content (AvgIpc) is 2.41. The van der Waals surface area contributed by atoms with E-state index in [2.05, 4.69) is 53.0 Å². The Morgan fingerprint density at radius 2 is 1.79 bits per heavy atom. The second-order valence-corrected chi connectivity index (χ2v) is 5.20. The second kappa shape index (κ2) is 6.64. The number of hydrogen-bond acceptors (Lipinski definition) is 3. The summed E-state index contributed by atoms with van der Waals surface area (Å²) in [6.45, 7) is 6.05. The summed E-state index contributed by atoms with van der Waals surface area (Å²) in [4.78, 5) is 10.7. The molecule has 0 fully saturated rings. The van der Waals surface area contributed by atoms with Gasteiger partial charge < -0.3 is 0 Å². The fraction of sp³-hybridized carbons (Fsp3) is 0.333. The molecule has 1 aromatic carbocycles. The smallest absolute Gasteiger partial charge is 0.147 e. The van der Waals surface area contributed by atoms with Crippen LogP contribution in [0.5, 0.6) is 0 Å². The number of nitrogens with zero attached hydrogens (tertiary/aromatic N) is 3. The third kappa shape index (κ3) is 4.30. The van der Waals surface area contributed by atoms with E-state index in [4.69, 9.17) is 11.6 Å². The molecule has 0 amide bonds. The standard InChI is InChI=1S/C15H18ClN3/c1-12(2)19(10-13-6-4-3-5-7-13)11-14-8-18-15(16)9-17-14/h3-9,12H,10-11H2,1-2H3. The lowest BCUT2D eigenvalue weighted by Crippen LogP contribution is -2.30. The third-order valence-corrected chi connectivity index (χ3v) is 3.19. The normalized spacial score (nSPS) is 11.2. The molecule has 0 radical (unpaired) electrons. The maximum Gasteiger partial charge on any atom is 0.147 e. The van der Waals surface area contributed by atoms with Gasteiger partial charge in [-0.2, -0.15) is 0 Å². The lowest BCUT2D eigenvalue weighted by atomic mass is 10.2. The van der Waals surface area contributed by atoms with Crippen molar-refractivity contribution in [2.75, 3.05) is 0 Å². The Bertz CT molecular complexity index is 497. The fourth-order valence-electron chi connectivity index (χ4n) is 1.87. The summed E-state index contributed by atoms with van der Waals surface area (Å²) in [6.07, 6.45) is 3.33. The number of hydrogen-bond donors (Lipinski definition) is 0. The van der Waals surface area contributed by atoms with E-state index in [1.165, 1.54) is 5.56 Å². The van der Waals surface area contributed by atoms with Crippen LogP contribution in [0.25, 0.3) is 0 Å². The molecular weight excluding hydrogens is 258 g/mol. The minimum absolute atomic E-state index is 0.433. The summed E-state index contributed by atoms with van der Waals surface area (Å²) >= 11 is 5.75. The van der Waals surface area contributed by atoms with Crippen LogP contribution >= 0.6 is 11.6 Å². The van der Waals surface area contributed by atoms with E-state index >= 15 is 0 Å². The Kier molecular flexibility index (Phi) is 4.88. The van der Waals surface area contributed by atoms with Gasteiger partial charge in [-0.05, 0) is 19.4 Å². The van der Waals surface area contributed by atoms with Gasteiger partial charge in [0, 0.05) is 19.1 Å². The summed E-state index contributed by atoms with van der Waals surface area (Å²) < 4.78 is 0. The molecule has 2 rings (SSSR count). The summed E-state index contributed by atoms with van der Waals surface area (Å²) in [6, 6.07) is 10.9. The van der Waals surface area contributed by atoms with E-state index in [0.717, 1.165) is 18.8 Å². The van der Waals surface area contributed by atoms with Crippen molar-refractivity contribution in [3.05, 3.63) is 59.1 Å². The van der Waals surface area contributed by atoms with Gasteiger partial charge in [-0.1, -0.05) is 41.9 Å². The van der Waals surface area contributed by atoms with Gasteiger partial charge in [0.05, 0.1) is 18.1 Å².